The lowest BCUT2D eigenvalue weighted by molar-refractivity contribution is 0.306. The molecule has 0 atom stereocenters. The summed E-state index contributed by atoms with van der Waals surface area (Å²) in [4.78, 5) is 5.87. The molecular weight excluding hydrogens is 494 g/mol. The first-order chi connectivity index (χ1) is 15.0. The first kappa shape index (κ1) is 22.5. The Balaban J connectivity index is 1.64. The zero-order chi connectivity index (χ0) is 22.0. The van der Waals surface area contributed by atoms with Crippen molar-refractivity contribution in [1.29, 1.82) is 5.26 Å². The molecule has 0 unspecified atom stereocenters. The highest BCUT2D eigenvalue weighted by molar-refractivity contribution is 7.16. The summed E-state index contributed by atoms with van der Waals surface area (Å²) < 4.78 is 5.98. The molecule has 2 aromatic carbocycles. The monoisotopic (exact) mass is 508 g/mol. The van der Waals surface area contributed by atoms with Crippen molar-refractivity contribution in [3.8, 4) is 11.8 Å². The van der Waals surface area contributed by atoms with Gasteiger partial charge in [-0.05, 0) is 55.5 Å². The standard InChI is InChI=1S/C23H16Cl4N2OS/c24-15-6-5-13(19(26)8-15)12-30-22-14(7-16(25)9-20(22)27)11-29-23-18(10-28)17-3-1-2-4-21(17)31-23/h5-9,11H,1-4,12H2. The minimum absolute atomic E-state index is 0.203. The Morgan fingerprint density at radius 1 is 1.03 bits per heavy atom. The van der Waals surface area contributed by atoms with Gasteiger partial charge in [-0.3, -0.25) is 0 Å². The van der Waals surface area contributed by atoms with Crippen LogP contribution in [0.3, 0.4) is 0 Å². The van der Waals surface area contributed by atoms with Crippen LogP contribution in [0.4, 0.5) is 5.00 Å². The van der Waals surface area contributed by atoms with Gasteiger partial charge in [-0.25, -0.2) is 4.99 Å². The smallest absolute Gasteiger partial charge is 0.147 e. The SMILES string of the molecule is N#Cc1c(N=Cc2cc(Cl)cc(Cl)c2OCc2ccc(Cl)cc2Cl)sc2c1CCCC2. The molecule has 0 aliphatic heterocycles. The average Bonchev–Trinajstić information content (AvgIpc) is 3.10. The second-order valence-corrected chi connectivity index (χ2v) is 9.86. The molecule has 0 N–H and O–H groups in total. The minimum Gasteiger partial charge on any atom is -0.487 e. The number of rotatable bonds is 5. The van der Waals surface area contributed by atoms with Crippen molar-refractivity contribution in [3.63, 3.8) is 0 Å². The zero-order valence-corrected chi connectivity index (χ0v) is 20.1. The lowest BCUT2D eigenvalue weighted by atomic mass is 9.96. The molecule has 3 aromatic rings. The fourth-order valence-corrected chi connectivity index (χ4v) is 5.71. The molecule has 0 spiro atoms. The predicted octanol–water partition coefficient (Wildman–Crippen LogP) is 8.44. The van der Waals surface area contributed by atoms with Gasteiger partial charge in [0.05, 0.1) is 10.6 Å². The van der Waals surface area contributed by atoms with Crippen LogP contribution in [0.5, 0.6) is 5.75 Å². The topological polar surface area (TPSA) is 45.4 Å². The lowest BCUT2D eigenvalue weighted by Gasteiger charge is -2.12. The van der Waals surface area contributed by atoms with E-state index in [1.165, 1.54) is 4.88 Å². The summed E-state index contributed by atoms with van der Waals surface area (Å²) >= 11 is 26.4. The molecule has 1 heterocycles. The number of nitriles is 1. The molecule has 0 saturated carbocycles. The van der Waals surface area contributed by atoms with Gasteiger partial charge in [-0.15, -0.1) is 11.3 Å². The van der Waals surface area contributed by atoms with Crippen molar-refractivity contribution in [3.05, 3.63) is 77.6 Å². The van der Waals surface area contributed by atoms with Crippen molar-refractivity contribution in [2.75, 3.05) is 0 Å². The van der Waals surface area contributed by atoms with Crippen LogP contribution in [0, 0.1) is 11.3 Å². The maximum atomic E-state index is 9.65. The third-order valence-corrected chi connectivity index (χ3v) is 7.30. The van der Waals surface area contributed by atoms with Crippen LogP contribution in [0.25, 0.3) is 0 Å². The molecule has 0 fully saturated rings. The summed E-state index contributed by atoms with van der Waals surface area (Å²) in [5.74, 6) is 0.445. The van der Waals surface area contributed by atoms with E-state index in [0.717, 1.165) is 36.8 Å². The Kier molecular flexibility index (Phi) is 7.11. The Morgan fingerprint density at radius 2 is 1.81 bits per heavy atom. The number of aryl methyl sites for hydroxylation is 1. The highest BCUT2D eigenvalue weighted by atomic mass is 35.5. The highest BCUT2D eigenvalue weighted by Gasteiger charge is 2.20. The van der Waals surface area contributed by atoms with Gasteiger partial charge in [0, 0.05) is 37.3 Å². The molecule has 1 aliphatic carbocycles. The molecule has 0 saturated heterocycles. The van der Waals surface area contributed by atoms with Gasteiger partial charge in [-0.2, -0.15) is 5.26 Å². The summed E-state index contributed by atoms with van der Waals surface area (Å²) in [7, 11) is 0. The number of halogens is 4. The third kappa shape index (κ3) is 5.03. The van der Waals surface area contributed by atoms with Gasteiger partial charge in [0.1, 0.15) is 23.4 Å². The molecule has 0 amide bonds. The van der Waals surface area contributed by atoms with Crippen LogP contribution in [0.2, 0.25) is 20.1 Å². The number of fused-ring (bicyclic) bond motifs is 1. The zero-order valence-electron chi connectivity index (χ0n) is 16.2. The minimum atomic E-state index is 0.203. The maximum Gasteiger partial charge on any atom is 0.147 e. The second kappa shape index (κ2) is 9.81. The summed E-state index contributed by atoms with van der Waals surface area (Å²) in [6.07, 6.45) is 5.84. The quantitative estimate of drug-likeness (QED) is 0.324. The number of hydrogen-bond donors (Lipinski definition) is 0. The molecule has 1 aromatic heterocycles. The van der Waals surface area contributed by atoms with Crippen molar-refractivity contribution < 1.29 is 4.74 Å². The lowest BCUT2D eigenvalue weighted by Crippen LogP contribution is -2.00. The Bertz CT molecular complexity index is 1210. The summed E-state index contributed by atoms with van der Waals surface area (Å²) in [6, 6.07) is 10.9. The van der Waals surface area contributed by atoms with Crippen LogP contribution in [0.1, 0.15) is 40.0 Å². The second-order valence-electron chi connectivity index (χ2n) is 7.09. The van der Waals surface area contributed by atoms with E-state index in [9.17, 15) is 5.26 Å². The Hall–Kier alpha value is -1.74. The molecule has 31 heavy (non-hydrogen) atoms. The molecule has 8 heteroatoms. The molecule has 0 radical (unpaired) electrons. The number of benzene rings is 2. The Morgan fingerprint density at radius 3 is 2.58 bits per heavy atom. The largest absolute Gasteiger partial charge is 0.487 e. The fourth-order valence-electron chi connectivity index (χ4n) is 3.50. The van der Waals surface area contributed by atoms with E-state index in [0.29, 0.717) is 42.0 Å². The summed E-state index contributed by atoms with van der Waals surface area (Å²) in [5.41, 5.74) is 3.21. The van der Waals surface area contributed by atoms with Gasteiger partial charge < -0.3 is 4.74 Å². The van der Waals surface area contributed by atoms with E-state index in [-0.39, 0.29) is 6.61 Å². The van der Waals surface area contributed by atoms with Gasteiger partial charge in [-0.1, -0.05) is 52.5 Å². The van der Waals surface area contributed by atoms with Crippen LogP contribution in [-0.4, -0.2) is 6.21 Å². The van der Waals surface area contributed by atoms with Crippen molar-refractivity contribution in [1.82, 2.24) is 0 Å². The van der Waals surface area contributed by atoms with E-state index in [1.54, 1.807) is 47.9 Å². The number of nitrogens with zero attached hydrogens (tertiary/aromatic N) is 2. The van der Waals surface area contributed by atoms with E-state index in [2.05, 4.69) is 11.1 Å². The van der Waals surface area contributed by atoms with Gasteiger partial charge >= 0.3 is 0 Å². The van der Waals surface area contributed by atoms with E-state index < -0.39 is 0 Å². The number of hydrogen-bond acceptors (Lipinski definition) is 4. The predicted molar refractivity (Wildman–Crippen MR) is 130 cm³/mol. The van der Waals surface area contributed by atoms with Gasteiger partial charge in [0.2, 0.25) is 0 Å². The first-order valence-corrected chi connectivity index (χ1v) is 11.9. The summed E-state index contributed by atoms with van der Waals surface area (Å²) in [5, 5.41) is 12.3. The maximum absolute atomic E-state index is 9.65. The molecule has 158 valence electrons. The van der Waals surface area contributed by atoms with E-state index >= 15 is 0 Å². The highest BCUT2D eigenvalue weighted by Crippen LogP contribution is 2.40. The van der Waals surface area contributed by atoms with Crippen LogP contribution < -0.4 is 4.74 Å². The molecule has 1 aliphatic rings. The summed E-state index contributed by atoms with van der Waals surface area (Å²) in [6.45, 7) is 0.203. The fraction of sp³-hybridized carbons (Fsp3) is 0.217. The Labute approximate surface area is 204 Å². The van der Waals surface area contributed by atoms with E-state index in [1.807, 2.05) is 0 Å². The molecule has 4 rings (SSSR count). The van der Waals surface area contributed by atoms with Gasteiger partial charge in [0.25, 0.3) is 0 Å². The number of aliphatic imine (C=N–C) groups is 1. The molecular formula is C23H16Cl4N2OS. The van der Waals surface area contributed by atoms with Crippen LogP contribution in [0.15, 0.2) is 35.3 Å². The normalized spacial score (nSPS) is 13.3. The number of thiophene rings is 1. The van der Waals surface area contributed by atoms with Crippen molar-refractivity contribution >= 4 is 69.0 Å². The van der Waals surface area contributed by atoms with Crippen molar-refractivity contribution in [2.24, 2.45) is 4.99 Å². The third-order valence-electron chi connectivity index (χ3n) is 5.01. The first-order valence-electron chi connectivity index (χ1n) is 9.60. The number of ether oxygens (including phenoxy) is 1. The molecule has 3 nitrogen and oxygen atoms in total. The van der Waals surface area contributed by atoms with Crippen LogP contribution >= 0.6 is 57.7 Å². The van der Waals surface area contributed by atoms with E-state index in [4.69, 9.17) is 51.1 Å². The van der Waals surface area contributed by atoms with Crippen LogP contribution in [-0.2, 0) is 19.4 Å². The van der Waals surface area contributed by atoms with Crippen molar-refractivity contribution in [2.45, 2.75) is 32.3 Å². The molecule has 0 bridgehead atoms. The van der Waals surface area contributed by atoms with Gasteiger partial charge in [0.15, 0.2) is 0 Å². The average molecular weight is 510 g/mol.